The van der Waals surface area contributed by atoms with Crippen molar-refractivity contribution < 1.29 is 9.53 Å². The molecule has 0 aromatic carbocycles. The van der Waals surface area contributed by atoms with Crippen LogP contribution in [0.2, 0.25) is 0 Å². The van der Waals surface area contributed by atoms with Gasteiger partial charge in [-0.25, -0.2) is 0 Å². The Kier molecular flexibility index (Phi) is 5.81. The van der Waals surface area contributed by atoms with Crippen molar-refractivity contribution in [3.8, 4) is 0 Å². The highest BCUT2D eigenvalue weighted by Gasteiger charge is 2.48. The maximum Gasteiger partial charge on any atom is 0.244 e. The van der Waals surface area contributed by atoms with Crippen LogP contribution in [-0.4, -0.2) is 41.8 Å². The van der Waals surface area contributed by atoms with Gasteiger partial charge >= 0.3 is 0 Å². The fourth-order valence-electron chi connectivity index (χ4n) is 2.67. The van der Waals surface area contributed by atoms with Gasteiger partial charge in [0.1, 0.15) is 0 Å². The van der Waals surface area contributed by atoms with Gasteiger partial charge in [-0.3, -0.25) is 10.1 Å². The minimum absolute atomic E-state index is 0.122. The van der Waals surface area contributed by atoms with Crippen LogP contribution in [0.1, 0.15) is 54.4 Å². The van der Waals surface area contributed by atoms with Gasteiger partial charge in [-0.15, -0.1) is 0 Å². The van der Waals surface area contributed by atoms with E-state index in [1.165, 1.54) is 0 Å². The Hall–Kier alpha value is -0.610. The van der Waals surface area contributed by atoms with Gasteiger partial charge in [0, 0.05) is 6.61 Å². The normalized spacial score (nSPS) is 29.3. The number of hydrogen-bond donors (Lipinski definition) is 1. The number of amides is 1. The highest BCUT2D eigenvalue weighted by Crippen LogP contribution is 2.28. The minimum atomic E-state index is -0.417. The maximum absolute atomic E-state index is 12.7. The van der Waals surface area contributed by atoms with Crippen molar-refractivity contribution in [2.75, 3.05) is 13.2 Å². The summed E-state index contributed by atoms with van der Waals surface area (Å²) in [6.07, 6.45) is 1.93. The van der Waals surface area contributed by atoms with Crippen LogP contribution in [0.5, 0.6) is 0 Å². The van der Waals surface area contributed by atoms with Gasteiger partial charge in [-0.1, -0.05) is 20.8 Å². The molecule has 1 saturated heterocycles. The van der Waals surface area contributed by atoms with Crippen LogP contribution in [0.15, 0.2) is 0 Å². The number of carbonyl (C=O) groups is 1. The van der Waals surface area contributed by atoms with Crippen molar-refractivity contribution in [2.24, 2.45) is 5.92 Å². The van der Waals surface area contributed by atoms with Gasteiger partial charge in [0.05, 0.1) is 24.4 Å². The largest absolute Gasteiger partial charge is 0.380 e. The summed E-state index contributed by atoms with van der Waals surface area (Å²) in [7, 11) is 0. The van der Waals surface area contributed by atoms with Crippen molar-refractivity contribution in [3.63, 3.8) is 0 Å². The smallest absolute Gasteiger partial charge is 0.244 e. The molecule has 1 amide bonds. The molecule has 0 radical (unpaired) electrons. The number of hydrogen-bond acceptors (Lipinski definition) is 3. The van der Waals surface area contributed by atoms with Gasteiger partial charge in [-0.2, -0.15) is 0 Å². The Morgan fingerprint density at radius 2 is 2.00 bits per heavy atom. The first-order chi connectivity index (χ1) is 8.85. The van der Waals surface area contributed by atoms with Gasteiger partial charge in [0.25, 0.3) is 0 Å². The van der Waals surface area contributed by atoms with Crippen LogP contribution in [-0.2, 0) is 9.53 Å². The van der Waals surface area contributed by atoms with E-state index in [4.69, 9.17) is 4.74 Å². The van der Waals surface area contributed by atoms with Crippen LogP contribution >= 0.6 is 0 Å². The molecule has 1 aliphatic rings. The van der Waals surface area contributed by atoms with E-state index in [1.54, 1.807) is 0 Å². The van der Waals surface area contributed by atoms with E-state index < -0.39 is 5.54 Å². The molecular weight excluding hydrogens is 240 g/mol. The van der Waals surface area contributed by atoms with E-state index in [1.807, 2.05) is 18.7 Å². The summed E-state index contributed by atoms with van der Waals surface area (Å²) in [5, 5.41) is 3.53. The molecule has 3 atom stereocenters. The highest BCUT2D eigenvalue weighted by atomic mass is 16.5. The molecule has 1 aliphatic heterocycles. The summed E-state index contributed by atoms with van der Waals surface area (Å²) in [5.41, 5.74) is -0.417. The van der Waals surface area contributed by atoms with Gasteiger partial charge < -0.3 is 9.64 Å². The standard InChI is InChI=1S/C15H30N2O2/c1-7-15(6)14(18)17(12(5)10-19-8-2)13(16-15)9-11(3)4/h11-13,16H,7-10H2,1-6H3. The van der Waals surface area contributed by atoms with Crippen molar-refractivity contribution in [3.05, 3.63) is 0 Å². The summed E-state index contributed by atoms with van der Waals surface area (Å²) >= 11 is 0. The Labute approximate surface area is 117 Å². The molecule has 0 saturated carbocycles. The fraction of sp³-hybridized carbons (Fsp3) is 0.933. The zero-order valence-electron chi connectivity index (χ0n) is 13.3. The third-order valence-electron chi connectivity index (χ3n) is 3.97. The Morgan fingerprint density at radius 1 is 1.37 bits per heavy atom. The van der Waals surface area contributed by atoms with E-state index in [0.29, 0.717) is 19.1 Å². The summed E-state index contributed by atoms with van der Waals surface area (Å²) < 4.78 is 5.49. The topological polar surface area (TPSA) is 41.6 Å². The van der Waals surface area contributed by atoms with E-state index in [9.17, 15) is 4.79 Å². The van der Waals surface area contributed by atoms with Crippen molar-refractivity contribution in [1.29, 1.82) is 0 Å². The van der Waals surface area contributed by atoms with E-state index >= 15 is 0 Å². The molecule has 0 aromatic heterocycles. The quantitative estimate of drug-likeness (QED) is 0.772. The molecule has 4 heteroatoms. The van der Waals surface area contributed by atoms with Crippen LogP contribution in [0.4, 0.5) is 0 Å². The van der Waals surface area contributed by atoms with Crippen molar-refractivity contribution >= 4 is 5.91 Å². The second kappa shape index (κ2) is 6.71. The van der Waals surface area contributed by atoms with E-state index in [-0.39, 0.29) is 18.1 Å². The monoisotopic (exact) mass is 270 g/mol. The lowest BCUT2D eigenvalue weighted by molar-refractivity contribution is -0.136. The molecule has 1 N–H and O–H groups in total. The summed E-state index contributed by atoms with van der Waals surface area (Å²) in [4.78, 5) is 14.7. The first kappa shape index (κ1) is 16.4. The van der Waals surface area contributed by atoms with Crippen molar-refractivity contribution in [2.45, 2.75) is 72.1 Å². The molecule has 3 unspecified atom stereocenters. The van der Waals surface area contributed by atoms with Crippen LogP contribution in [0, 0.1) is 5.92 Å². The van der Waals surface area contributed by atoms with Crippen LogP contribution in [0.3, 0.4) is 0 Å². The number of carbonyl (C=O) groups excluding carboxylic acids is 1. The van der Waals surface area contributed by atoms with Gasteiger partial charge in [0.15, 0.2) is 0 Å². The number of nitrogens with zero attached hydrogens (tertiary/aromatic N) is 1. The lowest BCUT2D eigenvalue weighted by atomic mass is 9.99. The first-order valence-corrected chi connectivity index (χ1v) is 7.53. The highest BCUT2D eigenvalue weighted by molar-refractivity contribution is 5.88. The Morgan fingerprint density at radius 3 is 2.47 bits per heavy atom. The van der Waals surface area contributed by atoms with E-state index in [2.05, 4.69) is 33.0 Å². The average Bonchev–Trinajstić information content (AvgIpc) is 2.58. The number of ether oxygens (including phenoxy) is 1. The Bertz CT molecular complexity index is 307. The molecule has 0 aromatic rings. The lowest BCUT2D eigenvalue weighted by Gasteiger charge is -2.31. The molecule has 0 bridgehead atoms. The van der Waals surface area contributed by atoms with Gasteiger partial charge in [0.2, 0.25) is 5.91 Å². The maximum atomic E-state index is 12.7. The first-order valence-electron chi connectivity index (χ1n) is 7.53. The second-order valence-electron chi connectivity index (χ2n) is 6.20. The molecule has 112 valence electrons. The molecule has 1 fully saturated rings. The molecule has 1 rings (SSSR count). The molecule has 1 heterocycles. The average molecular weight is 270 g/mol. The van der Waals surface area contributed by atoms with E-state index in [0.717, 1.165) is 12.8 Å². The SMILES string of the molecule is CCOCC(C)N1C(=O)C(C)(CC)NC1CC(C)C. The third-order valence-corrected chi connectivity index (χ3v) is 3.97. The van der Waals surface area contributed by atoms with Gasteiger partial charge in [-0.05, 0) is 39.5 Å². The Balaban J connectivity index is 2.85. The molecule has 0 aliphatic carbocycles. The minimum Gasteiger partial charge on any atom is -0.380 e. The summed E-state index contributed by atoms with van der Waals surface area (Å²) in [5.74, 6) is 0.777. The third kappa shape index (κ3) is 3.69. The molecule has 4 nitrogen and oxygen atoms in total. The molecule has 19 heavy (non-hydrogen) atoms. The zero-order chi connectivity index (χ0) is 14.6. The van der Waals surface area contributed by atoms with Crippen LogP contribution < -0.4 is 5.32 Å². The summed E-state index contributed by atoms with van der Waals surface area (Å²) in [6.45, 7) is 13.8. The molecule has 0 spiro atoms. The summed E-state index contributed by atoms with van der Waals surface area (Å²) in [6, 6.07) is 0.122. The number of rotatable bonds is 7. The fourth-order valence-corrected chi connectivity index (χ4v) is 2.67. The zero-order valence-corrected chi connectivity index (χ0v) is 13.3. The van der Waals surface area contributed by atoms with Crippen LogP contribution in [0.25, 0.3) is 0 Å². The predicted octanol–water partition coefficient (Wildman–Crippen LogP) is 2.38. The van der Waals surface area contributed by atoms with Crippen molar-refractivity contribution in [1.82, 2.24) is 10.2 Å². The number of nitrogens with one attached hydrogen (secondary N) is 1. The molecular formula is C15H30N2O2. The lowest BCUT2D eigenvalue weighted by Crippen LogP contribution is -2.46. The second-order valence-corrected chi connectivity index (χ2v) is 6.20. The predicted molar refractivity (Wildman–Crippen MR) is 77.9 cm³/mol.